The van der Waals surface area contributed by atoms with Gasteiger partial charge in [0.05, 0.1) is 18.2 Å². The maximum Gasteiger partial charge on any atom is 0.415 e. The number of carbonyl (C=O) groups excluding carboxylic acids is 2. The van der Waals surface area contributed by atoms with Crippen LogP contribution < -0.4 is 4.74 Å². The van der Waals surface area contributed by atoms with Crippen LogP contribution in [0.2, 0.25) is 0 Å². The Morgan fingerprint density at radius 1 is 0.922 bits per heavy atom. The van der Waals surface area contributed by atoms with Crippen molar-refractivity contribution in [2.75, 3.05) is 26.8 Å². The van der Waals surface area contributed by atoms with Crippen LogP contribution in [0.4, 0.5) is 4.79 Å². The molecule has 7 nitrogen and oxygen atoms in total. The Morgan fingerprint density at radius 2 is 1.69 bits per heavy atom. The average molecular weight is 690 g/mol. The lowest BCUT2D eigenvalue weighted by atomic mass is 9.64. The third kappa shape index (κ3) is 8.12. The monoisotopic (exact) mass is 689 g/mol. The summed E-state index contributed by atoms with van der Waals surface area (Å²) >= 11 is 0. The molecule has 1 saturated carbocycles. The number of benzene rings is 4. The van der Waals surface area contributed by atoms with Gasteiger partial charge >= 0.3 is 6.09 Å². The highest BCUT2D eigenvalue weighted by Crippen LogP contribution is 2.59. The maximum absolute atomic E-state index is 14.2. The van der Waals surface area contributed by atoms with Gasteiger partial charge in [-0.3, -0.25) is 4.79 Å². The van der Waals surface area contributed by atoms with Crippen molar-refractivity contribution in [2.45, 2.75) is 82.8 Å². The summed E-state index contributed by atoms with van der Waals surface area (Å²) in [5, 5.41) is 25.9. The molecule has 4 aromatic rings. The van der Waals surface area contributed by atoms with Gasteiger partial charge in [-0.15, -0.1) is 0 Å². The van der Waals surface area contributed by atoms with Crippen molar-refractivity contribution in [1.82, 2.24) is 4.90 Å². The van der Waals surface area contributed by atoms with Crippen molar-refractivity contribution in [3.8, 4) is 5.75 Å². The molecule has 4 aromatic carbocycles. The summed E-state index contributed by atoms with van der Waals surface area (Å²) in [5.41, 5.74) is 2.29. The zero-order valence-corrected chi connectivity index (χ0v) is 30.1. The SMILES string of the molecule is COCCCN(CC1(O)CCC2c3ccc(cc3C(=O)c3ccccc3)CC(O)CCC(C)=CCCC21C)C(=O)Oc1ccc2ccccc2c1. The lowest BCUT2D eigenvalue weighted by Crippen LogP contribution is -2.54. The number of allylic oxidation sites excluding steroid dienone is 2. The van der Waals surface area contributed by atoms with Crippen molar-refractivity contribution in [3.63, 3.8) is 0 Å². The summed E-state index contributed by atoms with van der Waals surface area (Å²) in [5.74, 6) is 0.228. The number of hydrogen-bond donors (Lipinski definition) is 2. The van der Waals surface area contributed by atoms with Crippen LogP contribution in [-0.4, -0.2) is 65.5 Å². The molecule has 4 unspecified atom stereocenters. The van der Waals surface area contributed by atoms with Crippen LogP contribution in [0.1, 0.15) is 91.8 Å². The van der Waals surface area contributed by atoms with Crippen molar-refractivity contribution in [1.29, 1.82) is 0 Å². The molecular formula is C44H51NO6. The molecule has 7 rings (SSSR count). The van der Waals surface area contributed by atoms with E-state index in [9.17, 15) is 19.8 Å². The van der Waals surface area contributed by atoms with Gasteiger partial charge in [-0.1, -0.05) is 91.4 Å². The van der Waals surface area contributed by atoms with E-state index in [1.165, 1.54) is 5.57 Å². The van der Waals surface area contributed by atoms with E-state index in [0.29, 0.717) is 68.6 Å². The molecule has 3 aliphatic rings. The van der Waals surface area contributed by atoms with Crippen LogP contribution in [0, 0.1) is 5.41 Å². The molecule has 268 valence electrons. The fourth-order valence-electron chi connectivity index (χ4n) is 8.29. The number of ketones is 1. The summed E-state index contributed by atoms with van der Waals surface area (Å²) < 4.78 is 11.3. The summed E-state index contributed by atoms with van der Waals surface area (Å²) in [6.07, 6.45) is 6.14. The second-order valence-corrected chi connectivity index (χ2v) is 14.8. The van der Waals surface area contributed by atoms with Crippen molar-refractivity contribution < 1.29 is 29.3 Å². The number of ether oxygens (including phenoxy) is 2. The van der Waals surface area contributed by atoms with E-state index >= 15 is 0 Å². The third-order valence-corrected chi connectivity index (χ3v) is 11.4. The van der Waals surface area contributed by atoms with E-state index in [1.807, 2.05) is 84.9 Å². The fourth-order valence-corrected chi connectivity index (χ4v) is 8.29. The zero-order chi connectivity index (χ0) is 36.0. The smallest absolute Gasteiger partial charge is 0.410 e. The molecular weight excluding hydrogens is 638 g/mol. The minimum absolute atomic E-state index is 0.0669. The molecule has 0 spiro atoms. The quantitative estimate of drug-likeness (QED) is 0.104. The van der Waals surface area contributed by atoms with Gasteiger partial charge in [0.1, 0.15) is 5.75 Å². The number of methoxy groups -OCH3 is 1. The Labute approximate surface area is 301 Å². The van der Waals surface area contributed by atoms with Gasteiger partial charge in [0.25, 0.3) is 0 Å². The predicted octanol–water partition coefficient (Wildman–Crippen LogP) is 8.65. The first-order valence-corrected chi connectivity index (χ1v) is 18.3. The number of amides is 1. The second kappa shape index (κ2) is 15.9. The molecule has 3 aliphatic carbocycles. The van der Waals surface area contributed by atoms with Gasteiger partial charge in [-0.05, 0) is 104 Å². The standard InChI is InChI=1S/C44H51NO6/c1-31-11-9-23-43(2)40(38-21-17-32(27-36(46)19-16-31)28-39(38)41(47)34-13-5-4-6-14-34)22-24-44(43,49)30-45(25-10-26-50-3)42(48)51-37-20-18-33-12-7-8-15-35(33)29-37/h4-8,11-15,17-18,20-21,28-29,36,40,46,49H,9-10,16,19,22-27,30H2,1-3H3. The zero-order valence-electron chi connectivity index (χ0n) is 30.1. The molecule has 2 bridgehead atoms. The van der Waals surface area contributed by atoms with Crippen molar-refractivity contribution in [3.05, 3.63) is 125 Å². The molecule has 1 amide bonds. The maximum atomic E-state index is 14.2. The van der Waals surface area contributed by atoms with E-state index in [2.05, 4.69) is 19.9 Å². The first-order chi connectivity index (χ1) is 24.6. The van der Waals surface area contributed by atoms with Crippen LogP contribution in [0.15, 0.2) is 103 Å². The van der Waals surface area contributed by atoms with E-state index in [0.717, 1.165) is 34.7 Å². The lowest BCUT2D eigenvalue weighted by molar-refractivity contribution is -0.0795. The van der Waals surface area contributed by atoms with Crippen LogP contribution in [0.3, 0.4) is 0 Å². The van der Waals surface area contributed by atoms with Gasteiger partial charge in [0.15, 0.2) is 5.78 Å². The molecule has 0 radical (unpaired) electrons. The molecule has 4 atom stereocenters. The molecule has 0 heterocycles. The Hall–Kier alpha value is -4.30. The molecule has 0 aromatic heterocycles. The number of hydrogen-bond acceptors (Lipinski definition) is 6. The minimum Gasteiger partial charge on any atom is -0.410 e. The normalized spacial score (nSPS) is 23.7. The third-order valence-electron chi connectivity index (χ3n) is 11.4. The minimum atomic E-state index is -1.27. The van der Waals surface area contributed by atoms with E-state index in [1.54, 1.807) is 18.1 Å². The van der Waals surface area contributed by atoms with Gasteiger partial charge < -0.3 is 24.6 Å². The fraction of sp³-hybridized carbons (Fsp3) is 0.409. The molecule has 1 fully saturated rings. The van der Waals surface area contributed by atoms with Crippen LogP contribution >= 0.6 is 0 Å². The number of aliphatic hydroxyl groups is 2. The van der Waals surface area contributed by atoms with Gasteiger partial charge in [-0.2, -0.15) is 0 Å². The van der Waals surface area contributed by atoms with Crippen LogP contribution in [0.25, 0.3) is 10.8 Å². The Morgan fingerprint density at radius 3 is 2.47 bits per heavy atom. The van der Waals surface area contributed by atoms with Gasteiger partial charge in [0.2, 0.25) is 0 Å². The number of aliphatic hydroxyl groups excluding tert-OH is 1. The first kappa shape index (κ1) is 36.5. The molecule has 2 N–H and O–H groups in total. The Kier molecular flexibility index (Phi) is 11.4. The molecule has 0 saturated heterocycles. The second-order valence-electron chi connectivity index (χ2n) is 14.8. The summed E-state index contributed by atoms with van der Waals surface area (Å²) in [7, 11) is 1.64. The number of carbonyl (C=O) groups is 2. The van der Waals surface area contributed by atoms with Crippen LogP contribution in [-0.2, 0) is 11.2 Å². The van der Waals surface area contributed by atoms with Crippen LogP contribution in [0.5, 0.6) is 5.75 Å². The van der Waals surface area contributed by atoms with Gasteiger partial charge in [0, 0.05) is 36.8 Å². The summed E-state index contributed by atoms with van der Waals surface area (Å²) in [6.45, 7) is 5.15. The van der Waals surface area contributed by atoms with E-state index in [4.69, 9.17) is 9.47 Å². The summed E-state index contributed by atoms with van der Waals surface area (Å²) in [4.78, 5) is 29.8. The van der Waals surface area contributed by atoms with E-state index < -0.39 is 23.2 Å². The van der Waals surface area contributed by atoms with Crippen molar-refractivity contribution >= 4 is 22.6 Å². The highest BCUT2D eigenvalue weighted by atomic mass is 16.6. The van der Waals surface area contributed by atoms with E-state index in [-0.39, 0.29) is 18.2 Å². The van der Waals surface area contributed by atoms with Gasteiger partial charge in [-0.25, -0.2) is 4.79 Å². The molecule has 0 aliphatic heterocycles. The average Bonchev–Trinajstić information content (AvgIpc) is 3.38. The molecule has 7 heteroatoms. The summed E-state index contributed by atoms with van der Waals surface area (Å²) in [6, 6.07) is 28.9. The number of nitrogens with zero attached hydrogens (tertiary/aromatic N) is 1. The topological polar surface area (TPSA) is 96.3 Å². The predicted molar refractivity (Wildman–Crippen MR) is 201 cm³/mol. The highest BCUT2D eigenvalue weighted by molar-refractivity contribution is 6.10. The number of fused-ring (bicyclic) bond motifs is 9. The number of rotatable bonds is 9. The Bertz CT molecular complexity index is 1870. The van der Waals surface area contributed by atoms with Crippen molar-refractivity contribution in [2.24, 2.45) is 5.41 Å². The first-order valence-electron chi connectivity index (χ1n) is 18.3. The Balaban J connectivity index is 1.37. The molecule has 51 heavy (non-hydrogen) atoms. The lowest BCUT2D eigenvalue weighted by Gasteiger charge is -2.46. The largest absolute Gasteiger partial charge is 0.415 e. The highest BCUT2D eigenvalue weighted by Gasteiger charge is 2.57.